The zero-order valence-corrected chi connectivity index (χ0v) is 8.21. The van der Waals surface area contributed by atoms with Gasteiger partial charge in [-0.15, -0.1) is 0 Å². The van der Waals surface area contributed by atoms with Gasteiger partial charge >= 0.3 is 6.09 Å². The number of ether oxygens (including phenoxy) is 2. The maximum absolute atomic E-state index is 10.9. The molecule has 2 unspecified atom stereocenters. The molecule has 0 saturated carbocycles. The third-order valence-corrected chi connectivity index (χ3v) is 2.32. The topological polar surface area (TPSA) is 47.6 Å². The van der Waals surface area contributed by atoms with Crippen LogP contribution in [-0.2, 0) is 9.47 Å². The van der Waals surface area contributed by atoms with Crippen molar-refractivity contribution in [3.63, 3.8) is 0 Å². The zero-order valence-electron chi connectivity index (χ0n) is 8.21. The van der Waals surface area contributed by atoms with Crippen LogP contribution < -0.4 is 5.32 Å². The van der Waals surface area contributed by atoms with Crippen molar-refractivity contribution in [2.24, 2.45) is 5.92 Å². The van der Waals surface area contributed by atoms with Crippen LogP contribution in [0.2, 0.25) is 0 Å². The maximum atomic E-state index is 10.9. The quantitative estimate of drug-likeness (QED) is 0.721. The summed E-state index contributed by atoms with van der Waals surface area (Å²) in [6, 6.07) is 0. The molecule has 1 saturated heterocycles. The molecule has 2 atom stereocenters. The van der Waals surface area contributed by atoms with Crippen molar-refractivity contribution < 1.29 is 14.3 Å². The fourth-order valence-corrected chi connectivity index (χ4v) is 1.44. The SMILES string of the molecule is CCOC(=O)NCC1CCOC1C. The molecule has 0 aromatic rings. The molecular formula is C9H17NO3. The fraction of sp³-hybridized carbons (Fsp3) is 0.889. The Bertz CT molecular complexity index is 172. The summed E-state index contributed by atoms with van der Waals surface area (Å²) in [4.78, 5) is 10.9. The summed E-state index contributed by atoms with van der Waals surface area (Å²) in [6.07, 6.45) is 0.941. The van der Waals surface area contributed by atoms with E-state index in [2.05, 4.69) is 5.32 Å². The molecule has 0 bridgehead atoms. The van der Waals surface area contributed by atoms with Gasteiger partial charge in [-0.1, -0.05) is 0 Å². The molecule has 1 rings (SSSR count). The predicted octanol–water partition coefficient (Wildman–Crippen LogP) is 1.16. The lowest BCUT2D eigenvalue weighted by molar-refractivity contribution is 0.103. The molecule has 1 amide bonds. The van der Waals surface area contributed by atoms with E-state index in [4.69, 9.17) is 9.47 Å². The Labute approximate surface area is 78.6 Å². The third-order valence-electron chi connectivity index (χ3n) is 2.32. The lowest BCUT2D eigenvalue weighted by atomic mass is 10.0. The second-order valence-electron chi connectivity index (χ2n) is 3.23. The Morgan fingerprint density at radius 1 is 1.69 bits per heavy atom. The summed E-state index contributed by atoms with van der Waals surface area (Å²) in [7, 11) is 0. The van der Waals surface area contributed by atoms with Gasteiger partial charge < -0.3 is 14.8 Å². The second-order valence-corrected chi connectivity index (χ2v) is 3.23. The number of nitrogens with one attached hydrogen (secondary N) is 1. The van der Waals surface area contributed by atoms with Gasteiger partial charge in [0.15, 0.2) is 0 Å². The summed E-state index contributed by atoms with van der Waals surface area (Å²) >= 11 is 0. The molecule has 0 spiro atoms. The van der Waals surface area contributed by atoms with Gasteiger partial charge in [0, 0.05) is 19.1 Å². The van der Waals surface area contributed by atoms with E-state index < -0.39 is 0 Å². The van der Waals surface area contributed by atoms with Crippen molar-refractivity contribution in [2.45, 2.75) is 26.4 Å². The molecule has 1 heterocycles. The van der Waals surface area contributed by atoms with Gasteiger partial charge in [-0.05, 0) is 20.3 Å². The van der Waals surface area contributed by atoms with Crippen molar-refractivity contribution in [1.29, 1.82) is 0 Å². The van der Waals surface area contributed by atoms with Crippen molar-refractivity contribution >= 4 is 6.09 Å². The van der Waals surface area contributed by atoms with Crippen LogP contribution >= 0.6 is 0 Å². The third kappa shape index (κ3) is 3.22. The first kappa shape index (κ1) is 10.3. The molecule has 13 heavy (non-hydrogen) atoms. The fourth-order valence-electron chi connectivity index (χ4n) is 1.44. The molecule has 1 aliphatic heterocycles. The van der Waals surface area contributed by atoms with E-state index in [-0.39, 0.29) is 12.2 Å². The van der Waals surface area contributed by atoms with Crippen LogP contribution in [0.3, 0.4) is 0 Å². The Morgan fingerprint density at radius 3 is 3.00 bits per heavy atom. The number of alkyl carbamates (subject to hydrolysis) is 1. The van der Waals surface area contributed by atoms with Gasteiger partial charge in [-0.25, -0.2) is 4.79 Å². The molecule has 0 aromatic carbocycles. The van der Waals surface area contributed by atoms with E-state index >= 15 is 0 Å². The van der Waals surface area contributed by atoms with Crippen LogP contribution in [0, 0.1) is 5.92 Å². The Balaban J connectivity index is 2.14. The summed E-state index contributed by atoms with van der Waals surface area (Å²) in [6.45, 7) is 5.70. The Kier molecular flexibility index (Phi) is 4.02. The normalized spacial score (nSPS) is 27.2. The molecule has 1 fully saturated rings. The first-order valence-electron chi connectivity index (χ1n) is 4.76. The Morgan fingerprint density at radius 2 is 2.46 bits per heavy atom. The molecule has 1 aliphatic rings. The molecule has 0 aromatic heterocycles. The highest BCUT2D eigenvalue weighted by molar-refractivity contribution is 5.67. The number of amides is 1. The van der Waals surface area contributed by atoms with E-state index in [9.17, 15) is 4.79 Å². The van der Waals surface area contributed by atoms with Gasteiger partial charge in [-0.3, -0.25) is 0 Å². The summed E-state index contributed by atoms with van der Waals surface area (Å²) in [5, 5.41) is 2.71. The predicted molar refractivity (Wildman–Crippen MR) is 48.5 cm³/mol. The van der Waals surface area contributed by atoms with Gasteiger partial charge in [0.05, 0.1) is 12.7 Å². The molecular weight excluding hydrogens is 170 g/mol. The van der Waals surface area contributed by atoms with Crippen molar-refractivity contribution in [2.75, 3.05) is 19.8 Å². The highest BCUT2D eigenvalue weighted by atomic mass is 16.5. The van der Waals surface area contributed by atoms with Crippen molar-refractivity contribution in [1.82, 2.24) is 5.32 Å². The van der Waals surface area contributed by atoms with Crippen LogP contribution in [-0.4, -0.2) is 32.0 Å². The van der Waals surface area contributed by atoms with Gasteiger partial charge in [0.25, 0.3) is 0 Å². The number of carbonyl (C=O) groups is 1. The number of rotatable bonds is 3. The largest absolute Gasteiger partial charge is 0.450 e. The van der Waals surface area contributed by atoms with Crippen LogP contribution in [0.25, 0.3) is 0 Å². The highest BCUT2D eigenvalue weighted by Crippen LogP contribution is 2.19. The highest BCUT2D eigenvalue weighted by Gasteiger charge is 2.24. The zero-order chi connectivity index (χ0) is 9.68. The molecule has 4 heteroatoms. The lowest BCUT2D eigenvalue weighted by Gasteiger charge is -2.14. The molecule has 76 valence electrons. The first-order chi connectivity index (χ1) is 6.24. The monoisotopic (exact) mass is 187 g/mol. The minimum absolute atomic E-state index is 0.252. The summed E-state index contributed by atoms with van der Waals surface area (Å²) in [5.74, 6) is 0.435. The van der Waals surface area contributed by atoms with Crippen LogP contribution in [0.1, 0.15) is 20.3 Å². The first-order valence-corrected chi connectivity index (χ1v) is 4.76. The van der Waals surface area contributed by atoms with Crippen LogP contribution in [0.15, 0.2) is 0 Å². The van der Waals surface area contributed by atoms with E-state index in [1.54, 1.807) is 6.92 Å². The minimum atomic E-state index is -0.332. The molecule has 1 N–H and O–H groups in total. The molecule has 0 radical (unpaired) electrons. The minimum Gasteiger partial charge on any atom is -0.450 e. The van der Waals surface area contributed by atoms with Gasteiger partial charge in [0.1, 0.15) is 0 Å². The van der Waals surface area contributed by atoms with E-state index in [0.29, 0.717) is 19.1 Å². The lowest BCUT2D eigenvalue weighted by Crippen LogP contribution is -2.32. The van der Waals surface area contributed by atoms with Crippen molar-refractivity contribution in [3.8, 4) is 0 Å². The molecule has 0 aliphatic carbocycles. The van der Waals surface area contributed by atoms with Gasteiger partial charge in [-0.2, -0.15) is 0 Å². The van der Waals surface area contributed by atoms with Crippen molar-refractivity contribution in [3.05, 3.63) is 0 Å². The van der Waals surface area contributed by atoms with Gasteiger partial charge in [0.2, 0.25) is 0 Å². The number of carbonyl (C=O) groups excluding carboxylic acids is 1. The van der Waals surface area contributed by atoms with E-state index in [1.165, 1.54) is 0 Å². The summed E-state index contributed by atoms with van der Waals surface area (Å²) in [5.41, 5.74) is 0. The van der Waals surface area contributed by atoms with Crippen LogP contribution in [0.5, 0.6) is 0 Å². The molecule has 4 nitrogen and oxygen atoms in total. The van der Waals surface area contributed by atoms with Crippen LogP contribution in [0.4, 0.5) is 4.79 Å². The van der Waals surface area contributed by atoms with E-state index in [0.717, 1.165) is 13.0 Å². The summed E-state index contributed by atoms with van der Waals surface area (Å²) < 4.78 is 10.1. The standard InChI is InChI=1S/C9H17NO3/c1-3-12-9(11)10-6-8-4-5-13-7(8)2/h7-8H,3-6H2,1-2H3,(H,10,11). The Hall–Kier alpha value is -0.770. The number of hydrogen-bond acceptors (Lipinski definition) is 3. The number of hydrogen-bond donors (Lipinski definition) is 1. The van der Waals surface area contributed by atoms with E-state index in [1.807, 2.05) is 6.92 Å². The average molecular weight is 187 g/mol. The smallest absolute Gasteiger partial charge is 0.407 e. The average Bonchev–Trinajstić information content (AvgIpc) is 2.48. The maximum Gasteiger partial charge on any atom is 0.407 e. The second kappa shape index (κ2) is 5.07.